The molecule has 2 rings (SSSR count). The molecule has 0 aliphatic heterocycles. The molecule has 0 bridgehead atoms. The summed E-state index contributed by atoms with van der Waals surface area (Å²) in [4.78, 5) is 1.14. The van der Waals surface area contributed by atoms with Crippen molar-refractivity contribution in [3.8, 4) is 0 Å². The van der Waals surface area contributed by atoms with E-state index in [-0.39, 0.29) is 0 Å². The molecule has 1 nitrogen and oxygen atoms in total. The van der Waals surface area contributed by atoms with Crippen LogP contribution in [0, 0.1) is 18.6 Å². The number of nitrogen functional groups attached to an aromatic ring is 1. The molecule has 0 aliphatic carbocycles. The van der Waals surface area contributed by atoms with Gasteiger partial charge in [-0.25, -0.2) is 8.78 Å². The van der Waals surface area contributed by atoms with Gasteiger partial charge in [-0.2, -0.15) is 0 Å². The average Bonchev–Trinajstić information content (AvgIpc) is 2.28. The van der Waals surface area contributed by atoms with Crippen LogP contribution in [0.2, 0.25) is 0 Å². The zero-order valence-electron chi connectivity index (χ0n) is 9.21. The second-order valence-corrected chi connectivity index (χ2v) is 4.75. The van der Waals surface area contributed by atoms with E-state index in [4.69, 9.17) is 5.73 Å². The van der Waals surface area contributed by atoms with E-state index < -0.39 is 11.6 Å². The highest BCUT2D eigenvalue weighted by Crippen LogP contribution is 2.34. The summed E-state index contributed by atoms with van der Waals surface area (Å²) in [5.74, 6) is -1.15. The van der Waals surface area contributed by atoms with Crippen molar-refractivity contribution in [2.75, 3.05) is 5.73 Å². The maximum Gasteiger partial charge on any atom is 0.140 e. The van der Waals surface area contributed by atoms with Gasteiger partial charge in [0, 0.05) is 21.5 Å². The summed E-state index contributed by atoms with van der Waals surface area (Å²) in [6.45, 7) is 1.89. The molecule has 0 saturated carbocycles. The van der Waals surface area contributed by atoms with Crippen LogP contribution in [0.4, 0.5) is 14.5 Å². The Labute approximate surface area is 103 Å². The largest absolute Gasteiger partial charge is 0.398 e. The molecule has 0 saturated heterocycles. The molecule has 17 heavy (non-hydrogen) atoms. The number of benzene rings is 2. The summed E-state index contributed by atoms with van der Waals surface area (Å²) >= 11 is 1.20. The number of nitrogens with two attached hydrogens (primary N) is 1. The Bertz CT molecular complexity index is 555. The van der Waals surface area contributed by atoms with Crippen molar-refractivity contribution in [1.29, 1.82) is 0 Å². The minimum absolute atomic E-state index is 0.365. The van der Waals surface area contributed by atoms with Gasteiger partial charge < -0.3 is 5.73 Å². The Balaban J connectivity index is 2.35. The third kappa shape index (κ3) is 2.58. The van der Waals surface area contributed by atoms with Crippen molar-refractivity contribution in [3.05, 3.63) is 53.6 Å². The Morgan fingerprint density at radius 3 is 2.53 bits per heavy atom. The molecule has 0 aliphatic rings. The molecule has 2 N–H and O–H groups in total. The lowest BCUT2D eigenvalue weighted by Gasteiger charge is -2.08. The zero-order chi connectivity index (χ0) is 12.4. The highest BCUT2D eigenvalue weighted by Gasteiger charge is 2.08. The molecule has 0 heterocycles. The molecule has 2 aromatic rings. The van der Waals surface area contributed by atoms with Gasteiger partial charge in [0.15, 0.2) is 0 Å². The Morgan fingerprint density at radius 1 is 1.06 bits per heavy atom. The van der Waals surface area contributed by atoms with E-state index in [1.165, 1.54) is 23.9 Å². The van der Waals surface area contributed by atoms with Crippen molar-refractivity contribution < 1.29 is 8.78 Å². The predicted molar refractivity (Wildman–Crippen MR) is 66.1 cm³/mol. The van der Waals surface area contributed by atoms with Gasteiger partial charge in [-0.05, 0) is 30.7 Å². The summed E-state index contributed by atoms with van der Waals surface area (Å²) in [6.07, 6.45) is 0. The molecule has 0 atom stereocenters. The number of anilines is 1. The average molecular weight is 251 g/mol. The normalized spacial score (nSPS) is 10.5. The van der Waals surface area contributed by atoms with Gasteiger partial charge in [0.25, 0.3) is 0 Å². The molecular weight excluding hydrogens is 240 g/mol. The lowest BCUT2D eigenvalue weighted by molar-refractivity contribution is 0.566. The van der Waals surface area contributed by atoms with E-state index >= 15 is 0 Å². The summed E-state index contributed by atoms with van der Waals surface area (Å²) in [6, 6.07) is 9.08. The Morgan fingerprint density at radius 2 is 1.82 bits per heavy atom. The fourth-order valence-electron chi connectivity index (χ4n) is 1.42. The van der Waals surface area contributed by atoms with Crippen molar-refractivity contribution in [1.82, 2.24) is 0 Å². The Kier molecular flexibility index (Phi) is 3.33. The maximum atomic E-state index is 13.5. The SMILES string of the molecule is Cc1cccc(Sc2ccc(F)cc2F)c1N. The smallest absolute Gasteiger partial charge is 0.140 e. The molecule has 0 fully saturated rings. The van der Waals surface area contributed by atoms with E-state index in [1.54, 1.807) is 0 Å². The summed E-state index contributed by atoms with van der Waals surface area (Å²) in [7, 11) is 0. The minimum Gasteiger partial charge on any atom is -0.398 e. The highest BCUT2D eigenvalue weighted by molar-refractivity contribution is 7.99. The number of para-hydroxylation sites is 1. The third-order valence-corrected chi connectivity index (χ3v) is 3.52. The van der Waals surface area contributed by atoms with Gasteiger partial charge in [-0.1, -0.05) is 23.9 Å². The third-order valence-electron chi connectivity index (χ3n) is 2.40. The number of halogens is 2. The number of hydrogen-bond acceptors (Lipinski definition) is 2. The minimum atomic E-state index is -0.580. The molecule has 4 heteroatoms. The first-order chi connectivity index (χ1) is 8.08. The molecule has 0 aromatic heterocycles. The predicted octanol–water partition coefficient (Wildman–Crippen LogP) is 4.01. The van der Waals surface area contributed by atoms with Crippen LogP contribution in [0.3, 0.4) is 0 Å². The fraction of sp³-hybridized carbons (Fsp3) is 0.0769. The summed E-state index contributed by atoms with van der Waals surface area (Å²) in [5, 5.41) is 0. The fourth-order valence-corrected chi connectivity index (χ4v) is 2.37. The molecule has 0 unspecified atom stereocenters. The number of hydrogen-bond donors (Lipinski definition) is 1. The molecule has 0 amide bonds. The van der Waals surface area contributed by atoms with E-state index in [0.29, 0.717) is 10.6 Å². The second kappa shape index (κ2) is 4.75. The van der Waals surface area contributed by atoms with Crippen LogP contribution < -0.4 is 5.73 Å². The van der Waals surface area contributed by atoms with Crippen LogP contribution in [-0.4, -0.2) is 0 Å². The molecule has 0 spiro atoms. The standard InChI is InChI=1S/C13H11F2NS/c1-8-3-2-4-12(13(8)16)17-11-6-5-9(14)7-10(11)15/h2-7H,16H2,1H3. The molecule has 88 valence electrons. The van der Waals surface area contributed by atoms with Gasteiger partial charge in [0.05, 0.1) is 0 Å². The van der Waals surface area contributed by atoms with Gasteiger partial charge in [-0.3, -0.25) is 0 Å². The van der Waals surface area contributed by atoms with Crippen LogP contribution in [-0.2, 0) is 0 Å². The van der Waals surface area contributed by atoms with Gasteiger partial charge >= 0.3 is 0 Å². The summed E-state index contributed by atoms with van der Waals surface area (Å²) in [5.41, 5.74) is 7.46. The Hall–Kier alpha value is -1.55. The van der Waals surface area contributed by atoms with Crippen LogP contribution in [0.5, 0.6) is 0 Å². The first kappa shape index (κ1) is 11.9. The maximum absolute atomic E-state index is 13.5. The van der Waals surface area contributed by atoms with Gasteiger partial charge in [-0.15, -0.1) is 0 Å². The van der Waals surface area contributed by atoms with Crippen LogP contribution in [0.15, 0.2) is 46.2 Å². The van der Waals surface area contributed by atoms with Crippen molar-refractivity contribution in [2.24, 2.45) is 0 Å². The molecule has 0 radical (unpaired) electrons. The topological polar surface area (TPSA) is 26.0 Å². The van der Waals surface area contributed by atoms with Crippen LogP contribution in [0.25, 0.3) is 0 Å². The van der Waals surface area contributed by atoms with Crippen molar-refractivity contribution in [2.45, 2.75) is 16.7 Å². The first-order valence-electron chi connectivity index (χ1n) is 5.06. The van der Waals surface area contributed by atoms with E-state index in [1.807, 2.05) is 25.1 Å². The van der Waals surface area contributed by atoms with Gasteiger partial charge in [0.1, 0.15) is 11.6 Å². The molecular formula is C13H11F2NS. The van der Waals surface area contributed by atoms with Crippen LogP contribution >= 0.6 is 11.8 Å². The summed E-state index contributed by atoms with van der Waals surface area (Å²) < 4.78 is 26.2. The number of aryl methyl sites for hydroxylation is 1. The van der Waals surface area contributed by atoms with Crippen molar-refractivity contribution >= 4 is 17.4 Å². The lowest BCUT2D eigenvalue weighted by atomic mass is 10.2. The van der Waals surface area contributed by atoms with E-state index in [2.05, 4.69) is 0 Å². The number of rotatable bonds is 2. The zero-order valence-corrected chi connectivity index (χ0v) is 10.0. The monoisotopic (exact) mass is 251 g/mol. The highest BCUT2D eigenvalue weighted by atomic mass is 32.2. The molecule has 2 aromatic carbocycles. The van der Waals surface area contributed by atoms with E-state index in [9.17, 15) is 8.78 Å². The lowest BCUT2D eigenvalue weighted by Crippen LogP contribution is -1.92. The quantitative estimate of drug-likeness (QED) is 0.816. The van der Waals surface area contributed by atoms with Crippen LogP contribution in [0.1, 0.15) is 5.56 Å². The first-order valence-corrected chi connectivity index (χ1v) is 5.87. The van der Waals surface area contributed by atoms with Crippen molar-refractivity contribution in [3.63, 3.8) is 0 Å². The second-order valence-electron chi connectivity index (χ2n) is 3.66. The van der Waals surface area contributed by atoms with Gasteiger partial charge in [0.2, 0.25) is 0 Å². The van der Waals surface area contributed by atoms with E-state index in [0.717, 1.165) is 16.5 Å².